The third-order valence-corrected chi connectivity index (χ3v) is 3.97. The summed E-state index contributed by atoms with van der Waals surface area (Å²) in [5.41, 5.74) is 0.221. The zero-order valence-electron chi connectivity index (χ0n) is 10.3. The predicted octanol–water partition coefficient (Wildman–Crippen LogP) is 2.75. The molecule has 1 saturated carbocycles. The summed E-state index contributed by atoms with van der Waals surface area (Å²) in [6.45, 7) is 0. The number of carbonyl (C=O) groups is 1. The molecular weight excluding hydrogens is 244 g/mol. The Kier molecular flexibility index (Phi) is 2.81. The summed E-state index contributed by atoms with van der Waals surface area (Å²) in [5, 5.41) is 13.6. The number of fused-ring (bicyclic) bond motifs is 2. The van der Waals surface area contributed by atoms with Crippen molar-refractivity contribution in [2.75, 3.05) is 5.32 Å². The van der Waals surface area contributed by atoms with Crippen molar-refractivity contribution in [1.82, 2.24) is 0 Å². The van der Waals surface area contributed by atoms with Gasteiger partial charge >= 0.3 is 0 Å². The van der Waals surface area contributed by atoms with Crippen LogP contribution in [-0.2, 0) is 4.79 Å². The molecule has 98 valence electrons. The fraction of sp³-hybridized carbons (Fsp3) is 0.357. The average Bonchev–Trinajstić information content (AvgIpc) is 3.01. The summed E-state index contributed by atoms with van der Waals surface area (Å²) in [5.74, 6) is 0.653. The molecule has 0 spiro atoms. The normalized spacial score (nSPS) is 27.5. The molecule has 5 heteroatoms. The van der Waals surface area contributed by atoms with Crippen molar-refractivity contribution in [3.8, 4) is 0 Å². The first-order valence-corrected chi connectivity index (χ1v) is 6.38. The number of para-hydroxylation sites is 2. The van der Waals surface area contributed by atoms with Gasteiger partial charge in [0.05, 0.1) is 4.92 Å². The van der Waals surface area contributed by atoms with E-state index in [-0.39, 0.29) is 23.2 Å². The lowest BCUT2D eigenvalue weighted by atomic mass is 9.93. The summed E-state index contributed by atoms with van der Waals surface area (Å²) in [6, 6.07) is 6.24. The largest absolute Gasteiger partial charge is 0.320 e. The summed E-state index contributed by atoms with van der Waals surface area (Å²) >= 11 is 0. The second-order valence-electron chi connectivity index (χ2n) is 5.15. The van der Waals surface area contributed by atoms with Gasteiger partial charge in [0.15, 0.2) is 0 Å². The maximum Gasteiger partial charge on any atom is 0.292 e. The first-order valence-electron chi connectivity index (χ1n) is 6.38. The maximum absolute atomic E-state index is 12.2. The van der Waals surface area contributed by atoms with Crippen molar-refractivity contribution in [2.24, 2.45) is 17.8 Å². The Balaban J connectivity index is 1.77. The van der Waals surface area contributed by atoms with Gasteiger partial charge in [0.25, 0.3) is 5.69 Å². The highest BCUT2D eigenvalue weighted by Crippen LogP contribution is 2.44. The number of nitrogens with zero attached hydrogens (tertiary/aromatic N) is 1. The monoisotopic (exact) mass is 258 g/mol. The minimum atomic E-state index is -0.476. The fourth-order valence-corrected chi connectivity index (χ4v) is 3.05. The smallest absolute Gasteiger partial charge is 0.292 e. The molecule has 1 aromatic rings. The zero-order chi connectivity index (χ0) is 13.4. The zero-order valence-corrected chi connectivity index (χ0v) is 10.3. The first-order chi connectivity index (χ1) is 9.15. The van der Waals surface area contributed by atoms with Crippen LogP contribution < -0.4 is 5.32 Å². The van der Waals surface area contributed by atoms with Crippen LogP contribution in [-0.4, -0.2) is 10.8 Å². The topological polar surface area (TPSA) is 72.2 Å². The predicted molar refractivity (Wildman–Crippen MR) is 70.6 cm³/mol. The van der Waals surface area contributed by atoms with Crippen LogP contribution in [0.5, 0.6) is 0 Å². The number of hydrogen-bond acceptors (Lipinski definition) is 3. The highest BCUT2D eigenvalue weighted by Gasteiger charge is 2.40. The van der Waals surface area contributed by atoms with E-state index in [0.29, 0.717) is 11.8 Å². The molecule has 5 nitrogen and oxygen atoms in total. The molecule has 1 N–H and O–H groups in total. The van der Waals surface area contributed by atoms with Gasteiger partial charge in [0.2, 0.25) is 5.91 Å². The van der Waals surface area contributed by atoms with E-state index in [0.717, 1.165) is 12.8 Å². The quantitative estimate of drug-likeness (QED) is 0.514. The van der Waals surface area contributed by atoms with E-state index in [1.165, 1.54) is 6.07 Å². The first kappa shape index (κ1) is 11.9. The van der Waals surface area contributed by atoms with Gasteiger partial charge in [-0.3, -0.25) is 14.9 Å². The summed E-state index contributed by atoms with van der Waals surface area (Å²) in [4.78, 5) is 22.6. The molecular formula is C14H14N2O3. The minimum absolute atomic E-state index is 0.0465. The Morgan fingerprint density at radius 1 is 1.26 bits per heavy atom. The molecule has 0 aromatic heterocycles. The molecule has 3 rings (SSSR count). The number of benzene rings is 1. The van der Waals surface area contributed by atoms with Crippen molar-refractivity contribution in [3.05, 3.63) is 46.5 Å². The van der Waals surface area contributed by atoms with E-state index in [9.17, 15) is 14.9 Å². The van der Waals surface area contributed by atoms with Crippen LogP contribution in [0, 0.1) is 27.9 Å². The summed E-state index contributed by atoms with van der Waals surface area (Å²) in [6.07, 6.45) is 6.15. The number of allylic oxidation sites excluding steroid dienone is 2. The number of nitro groups is 1. The lowest BCUT2D eigenvalue weighted by Crippen LogP contribution is -2.26. The SMILES string of the molecule is O=C(Nc1ccccc1[N+](=O)[O-])C1CC2C=CC1C2. The van der Waals surface area contributed by atoms with Gasteiger partial charge < -0.3 is 5.32 Å². The van der Waals surface area contributed by atoms with Crippen LogP contribution in [0.25, 0.3) is 0 Å². The number of nitrogens with one attached hydrogen (secondary N) is 1. The molecule has 0 radical (unpaired) electrons. The maximum atomic E-state index is 12.2. The Bertz CT molecular complexity index is 568. The molecule has 19 heavy (non-hydrogen) atoms. The minimum Gasteiger partial charge on any atom is -0.320 e. The van der Waals surface area contributed by atoms with Crippen molar-refractivity contribution < 1.29 is 9.72 Å². The summed E-state index contributed by atoms with van der Waals surface area (Å²) in [7, 11) is 0. The number of nitro benzene ring substituents is 1. The molecule has 2 aliphatic carbocycles. The Labute approximate surface area is 110 Å². The van der Waals surface area contributed by atoms with Crippen LogP contribution in [0.15, 0.2) is 36.4 Å². The number of hydrogen-bond donors (Lipinski definition) is 1. The van der Waals surface area contributed by atoms with Gasteiger partial charge in [-0.05, 0) is 30.7 Å². The van der Waals surface area contributed by atoms with Crippen molar-refractivity contribution >= 4 is 17.3 Å². The molecule has 3 atom stereocenters. The van der Waals surface area contributed by atoms with Crippen LogP contribution in [0.4, 0.5) is 11.4 Å². The average molecular weight is 258 g/mol. The van der Waals surface area contributed by atoms with E-state index >= 15 is 0 Å². The fourth-order valence-electron chi connectivity index (χ4n) is 3.05. The molecule has 0 heterocycles. The lowest BCUT2D eigenvalue weighted by molar-refractivity contribution is -0.383. The molecule has 1 fully saturated rings. The second kappa shape index (κ2) is 4.50. The molecule has 3 unspecified atom stereocenters. The van der Waals surface area contributed by atoms with Crippen LogP contribution in [0.3, 0.4) is 0 Å². The van der Waals surface area contributed by atoms with E-state index < -0.39 is 4.92 Å². The Hall–Kier alpha value is -2.17. The van der Waals surface area contributed by atoms with Crippen LogP contribution in [0.1, 0.15) is 12.8 Å². The third-order valence-electron chi connectivity index (χ3n) is 3.97. The van der Waals surface area contributed by atoms with Crippen molar-refractivity contribution in [2.45, 2.75) is 12.8 Å². The molecule has 1 aromatic carbocycles. The molecule has 2 bridgehead atoms. The number of carbonyl (C=O) groups excluding carboxylic acids is 1. The van der Waals surface area contributed by atoms with E-state index in [1.807, 2.05) is 0 Å². The van der Waals surface area contributed by atoms with Crippen molar-refractivity contribution in [3.63, 3.8) is 0 Å². The van der Waals surface area contributed by atoms with E-state index in [2.05, 4.69) is 17.5 Å². The van der Waals surface area contributed by atoms with Gasteiger partial charge in [-0.15, -0.1) is 0 Å². The Morgan fingerprint density at radius 2 is 2.05 bits per heavy atom. The highest BCUT2D eigenvalue weighted by atomic mass is 16.6. The second-order valence-corrected chi connectivity index (χ2v) is 5.15. The Morgan fingerprint density at radius 3 is 2.68 bits per heavy atom. The summed E-state index contributed by atoms with van der Waals surface area (Å²) < 4.78 is 0. The van der Waals surface area contributed by atoms with Gasteiger partial charge in [-0.1, -0.05) is 24.3 Å². The molecule has 0 aliphatic heterocycles. The lowest BCUT2D eigenvalue weighted by Gasteiger charge is -2.17. The van der Waals surface area contributed by atoms with Gasteiger partial charge in [-0.25, -0.2) is 0 Å². The van der Waals surface area contributed by atoms with Gasteiger partial charge in [0.1, 0.15) is 5.69 Å². The molecule has 0 saturated heterocycles. The van der Waals surface area contributed by atoms with Gasteiger partial charge in [0, 0.05) is 12.0 Å². The number of rotatable bonds is 3. The number of amides is 1. The molecule has 1 amide bonds. The third kappa shape index (κ3) is 2.12. The van der Waals surface area contributed by atoms with Crippen LogP contribution in [0.2, 0.25) is 0 Å². The van der Waals surface area contributed by atoms with E-state index in [4.69, 9.17) is 0 Å². The van der Waals surface area contributed by atoms with Crippen molar-refractivity contribution in [1.29, 1.82) is 0 Å². The number of anilines is 1. The van der Waals surface area contributed by atoms with Crippen LogP contribution >= 0.6 is 0 Å². The van der Waals surface area contributed by atoms with Gasteiger partial charge in [-0.2, -0.15) is 0 Å². The standard InChI is InChI=1S/C14H14N2O3/c17-14(11-8-9-5-6-10(11)7-9)15-12-3-1-2-4-13(12)16(18)19/h1-6,9-11H,7-8H2,(H,15,17). The highest BCUT2D eigenvalue weighted by molar-refractivity contribution is 5.95. The molecule has 2 aliphatic rings. The van der Waals surface area contributed by atoms with E-state index in [1.54, 1.807) is 18.2 Å².